The highest BCUT2D eigenvalue weighted by molar-refractivity contribution is 6.07. The summed E-state index contributed by atoms with van der Waals surface area (Å²) in [4.78, 5) is 33.1. The van der Waals surface area contributed by atoms with E-state index >= 15 is 0 Å². The number of piperazine rings is 1. The van der Waals surface area contributed by atoms with E-state index in [2.05, 4.69) is 34.2 Å². The second kappa shape index (κ2) is 10.7. The number of benzene rings is 3. The van der Waals surface area contributed by atoms with Crippen molar-refractivity contribution in [2.75, 3.05) is 40.0 Å². The van der Waals surface area contributed by atoms with Crippen LogP contribution in [0.25, 0.3) is 0 Å². The summed E-state index contributed by atoms with van der Waals surface area (Å²) in [6.45, 7) is 6.46. The number of hydrogen-bond acceptors (Lipinski definition) is 5. The molecule has 2 aliphatic heterocycles. The van der Waals surface area contributed by atoms with Crippen LogP contribution < -0.4 is 10.1 Å². The minimum Gasteiger partial charge on any atom is -0.496 e. The van der Waals surface area contributed by atoms with Crippen LogP contribution in [0.15, 0.2) is 78.9 Å². The predicted octanol–water partition coefficient (Wildman–Crippen LogP) is 3.77. The Hall–Kier alpha value is -3.68. The third-order valence-corrected chi connectivity index (χ3v) is 7.39. The van der Waals surface area contributed by atoms with E-state index in [4.69, 9.17) is 4.74 Å². The Morgan fingerprint density at radius 1 is 0.865 bits per heavy atom. The molecule has 0 saturated carbocycles. The van der Waals surface area contributed by atoms with Gasteiger partial charge in [-0.05, 0) is 24.1 Å². The van der Waals surface area contributed by atoms with Gasteiger partial charge in [-0.3, -0.25) is 14.6 Å². The fraction of sp³-hybridized carbons (Fsp3) is 0.333. The van der Waals surface area contributed by atoms with Gasteiger partial charge in [-0.25, -0.2) is 9.69 Å². The molecule has 1 unspecified atom stereocenters. The molecule has 1 N–H and O–H groups in total. The minimum absolute atomic E-state index is 0.195. The molecule has 2 heterocycles. The van der Waals surface area contributed by atoms with Crippen LogP contribution in [0.5, 0.6) is 5.75 Å². The first-order valence-corrected chi connectivity index (χ1v) is 12.8. The molecule has 2 fully saturated rings. The molecule has 37 heavy (non-hydrogen) atoms. The predicted molar refractivity (Wildman–Crippen MR) is 143 cm³/mol. The zero-order valence-electron chi connectivity index (χ0n) is 21.5. The lowest BCUT2D eigenvalue weighted by atomic mass is 9.83. The zero-order valence-corrected chi connectivity index (χ0v) is 21.5. The Labute approximate surface area is 218 Å². The highest BCUT2D eigenvalue weighted by Crippen LogP contribution is 2.33. The van der Waals surface area contributed by atoms with Crippen molar-refractivity contribution < 1.29 is 14.3 Å². The van der Waals surface area contributed by atoms with Crippen molar-refractivity contribution in [1.29, 1.82) is 0 Å². The quantitative estimate of drug-likeness (QED) is 0.479. The molecule has 0 radical (unpaired) electrons. The van der Waals surface area contributed by atoms with Gasteiger partial charge >= 0.3 is 6.03 Å². The van der Waals surface area contributed by atoms with Crippen LogP contribution in [0.4, 0.5) is 4.79 Å². The van der Waals surface area contributed by atoms with Gasteiger partial charge in [-0.15, -0.1) is 0 Å². The monoisotopic (exact) mass is 498 g/mol. The molecular weight excluding hydrogens is 464 g/mol. The lowest BCUT2D eigenvalue weighted by molar-refractivity contribution is -0.133. The van der Waals surface area contributed by atoms with Crippen LogP contribution in [-0.2, 0) is 23.3 Å². The van der Waals surface area contributed by atoms with Crippen molar-refractivity contribution in [2.45, 2.75) is 25.4 Å². The van der Waals surface area contributed by atoms with Gasteiger partial charge in [0.1, 0.15) is 5.75 Å². The number of amides is 3. The topological polar surface area (TPSA) is 65.1 Å². The van der Waals surface area contributed by atoms with E-state index in [0.717, 1.165) is 49.6 Å². The minimum atomic E-state index is -1.11. The first-order valence-electron chi connectivity index (χ1n) is 12.8. The number of ether oxygens (including phenoxy) is 1. The Kier molecular flexibility index (Phi) is 7.26. The first-order chi connectivity index (χ1) is 18.0. The molecule has 2 aliphatic rings. The second-order valence-corrected chi connectivity index (χ2v) is 9.95. The van der Waals surface area contributed by atoms with E-state index in [-0.39, 0.29) is 18.6 Å². The lowest BCUT2D eigenvalue weighted by Gasteiger charge is -2.36. The number of imide groups is 1. The average Bonchev–Trinajstić information content (AvgIpc) is 3.16. The van der Waals surface area contributed by atoms with Gasteiger partial charge in [-0.1, -0.05) is 78.4 Å². The van der Waals surface area contributed by atoms with Crippen LogP contribution in [0.2, 0.25) is 0 Å². The largest absolute Gasteiger partial charge is 0.496 e. The number of methoxy groups -OCH3 is 1. The second-order valence-electron chi connectivity index (χ2n) is 9.95. The maximum absolute atomic E-state index is 13.9. The standard InChI is InChI=1S/C30H34N4O3/c1-23-13-14-27(37-2)25(19-23)21-32-15-17-33(18-16-32)22-34-28(35)30(31-29(34)36,26-11-7-4-8-12-26)20-24-9-5-3-6-10-24/h3-14,19H,15-18,20-22H2,1-2H3,(H,31,36). The van der Waals surface area contributed by atoms with Crippen molar-refractivity contribution in [3.8, 4) is 5.75 Å². The molecule has 7 heteroatoms. The van der Waals surface area contributed by atoms with E-state index in [9.17, 15) is 9.59 Å². The maximum atomic E-state index is 13.9. The van der Waals surface area contributed by atoms with Crippen molar-refractivity contribution in [3.63, 3.8) is 0 Å². The Bertz CT molecular complexity index is 1240. The van der Waals surface area contributed by atoms with Crippen molar-refractivity contribution in [1.82, 2.24) is 20.0 Å². The normalized spacial score (nSPS) is 20.8. The number of urea groups is 1. The van der Waals surface area contributed by atoms with Gasteiger partial charge in [0.15, 0.2) is 5.54 Å². The molecule has 1 atom stereocenters. The molecule has 0 bridgehead atoms. The smallest absolute Gasteiger partial charge is 0.326 e. The zero-order chi connectivity index (χ0) is 25.8. The van der Waals surface area contributed by atoms with Gasteiger partial charge in [0.25, 0.3) is 5.91 Å². The SMILES string of the molecule is COc1ccc(C)cc1CN1CCN(CN2C(=O)NC(Cc3ccccc3)(c3ccccc3)C2=O)CC1. The van der Waals surface area contributed by atoms with Crippen LogP contribution in [0.1, 0.15) is 22.3 Å². The Balaban J connectivity index is 1.27. The van der Waals surface area contributed by atoms with E-state index in [0.29, 0.717) is 6.42 Å². The van der Waals surface area contributed by atoms with Gasteiger partial charge < -0.3 is 10.1 Å². The molecule has 3 aromatic rings. The molecule has 5 rings (SSSR count). The summed E-state index contributed by atoms with van der Waals surface area (Å²) in [6, 6.07) is 25.4. The summed E-state index contributed by atoms with van der Waals surface area (Å²) in [5.74, 6) is 0.711. The van der Waals surface area contributed by atoms with Crippen LogP contribution in [0.3, 0.4) is 0 Å². The van der Waals surface area contributed by atoms with Gasteiger partial charge in [-0.2, -0.15) is 0 Å². The number of hydrogen-bond donors (Lipinski definition) is 1. The van der Waals surface area contributed by atoms with Crippen molar-refractivity contribution in [2.24, 2.45) is 0 Å². The molecule has 2 saturated heterocycles. The van der Waals surface area contributed by atoms with Crippen molar-refractivity contribution >= 4 is 11.9 Å². The number of nitrogens with one attached hydrogen (secondary N) is 1. The summed E-state index contributed by atoms with van der Waals surface area (Å²) < 4.78 is 5.55. The molecule has 0 spiro atoms. The number of carbonyl (C=O) groups is 2. The maximum Gasteiger partial charge on any atom is 0.326 e. The fourth-order valence-corrected chi connectivity index (χ4v) is 5.36. The molecule has 0 aromatic heterocycles. The summed E-state index contributed by atoms with van der Waals surface area (Å²) in [5, 5.41) is 3.07. The van der Waals surface area contributed by atoms with Gasteiger partial charge in [0.2, 0.25) is 0 Å². The van der Waals surface area contributed by atoms with E-state index < -0.39 is 5.54 Å². The molecule has 3 amide bonds. The third kappa shape index (κ3) is 5.24. The lowest BCUT2D eigenvalue weighted by Crippen LogP contribution is -2.51. The molecular formula is C30H34N4O3. The van der Waals surface area contributed by atoms with E-state index in [1.165, 1.54) is 16.0 Å². The highest BCUT2D eigenvalue weighted by Gasteiger charge is 2.52. The van der Waals surface area contributed by atoms with E-state index in [1.54, 1.807) is 7.11 Å². The number of carbonyl (C=O) groups excluding carboxylic acids is 2. The third-order valence-electron chi connectivity index (χ3n) is 7.39. The van der Waals surface area contributed by atoms with Crippen molar-refractivity contribution in [3.05, 3.63) is 101 Å². The highest BCUT2D eigenvalue weighted by atomic mass is 16.5. The number of aryl methyl sites for hydroxylation is 1. The molecule has 3 aromatic carbocycles. The summed E-state index contributed by atoms with van der Waals surface area (Å²) >= 11 is 0. The van der Waals surface area contributed by atoms with Crippen LogP contribution in [0, 0.1) is 6.92 Å². The molecule has 7 nitrogen and oxygen atoms in total. The Morgan fingerprint density at radius 3 is 2.19 bits per heavy atom. The van der Waals surface area contributed by atoms with Crippen LogP contribution >= 0.6 is 0 Å². The molecule has 192 valence electrons. The number of rotatable bonds is 8. The van der Waals surface area contributed by atoms with E-state index in [1.807, 2.05) is 66.7 Å². The van der Waals surface area contributed by atoms with Gasteiger partial charge in [0.05, 0.1) is 13.8 Å². The number of nitrogens with zero attached hydrogens (tertiary/aromatic N) is 3. The average molecular weight is 499 g/mol. The Morgan fingerprint density at radius 2 is 1.51 bits per heavy atom. The first kappa shape index (κ1) is 25.0. The van der Waals surface area contributed by atoms with Crippen LogP contribution in [-0.4, -0.2) is 66.6 Å². The molecule has 0 aliphatic carbocycles. The summed E-state index contributed by atoms with van der Waals surface area (Å²) in [7, 11) is 1.71. The fourth-order valence-electron chi connectivity index (χ4n) is 5.36. The summed E-state index contributed by atoms with van der Waals surface area (Å²) in [6.07, 6.45) is 0.408. The summed E-state index contributed by atoms with van der Waals surface area (Å²) in [5.41, 5.74) is 3.09. The van der Waals surface area contributed by atoms with Gasteiger partial charge in [0, 0.05) is 44.7 Å².